The van der Waals surface area contributed by atoms with Crippen molar-refractivity contribution in [3.05, 3.63) is 0 Å². The number of hydrogen-bond donors (Lipinski definition) is 0. The second kappa shape index (κ2) is 2.79. The lowest BCUT2D eigenvalue weighted by atomic mass is 10.0. The summed E-state index contributed by atoms with van der Waals surface area (Å²) in [6.07, 6.45) is 0.154. The molecule has 1 unspecified atom stereocenters. The Morgan fingerprint density at radius 1 is 1.73 bits per heavy atom. The Morgan fingerprint density at radius 3 is 3.45 bits per heavy atom. The molecule has 0 aromatic heterocycles. The maximum Gasteiger partial charge on any atom is 0.128 e. The van der Waals surface area contributed by atoms with Crippen molar-refractivity contribution in [2.75, 3.05) is 26.9 Å². The first-order chi connectivity index (χ1) is 5.42. The molecule has 0 aliphatic carbocycles. The van der Waals surface area contributed by atoms with Gasteiger partial charge in [-0.15, -0.1) is 0 Å². The summed E-state index contributed by atoms with van der Waals surface area (Å²) >= 11 is 0. The standard InChI is InChI=1S/C7H11NO3/c1-9-4-7-5-2-11-8-6(5)3-10-7/h5,7H,2-4H2,1H3/t5-,7?/m0/s1. The minimum absolute atomic E-state index is 0.154. The number of fused-ring (bicyclic) bond motifs is 1. The molecule has 1 fully saturated rings. The van der Waals surface area contributed by atoms with Crippen LogP contribution in [-0.2, 0) is 14.3 Å². The van der Waals surface area contributed by atoms with Crippen molar-refractivity contribution in [3.8, 4) is 0 Å². The molecule has 11 heavy (non-hydrogen) atoms. The van der Waals surface area contributed by atoms with Gasteiger partial charge >= 0.3 is 0 Å². The van der Waals surface area contributed by atoms with Gasteiger partial charge in [0.05, 0.1) is 30.9 Å². The van der Waals surface area contributed by atoms with Crippen molar-refractivity contribution in [2.45, 2.75) is 6.10 Å². The van der Waals surface area contributed by atoms with Gasteiger partial charge < -0.3 is 14.3 Å². The Labute approximate surface area is 65.1 Å². The van der Waals surface area contributed by atoms with Crippen LogP contribution in [-0.4, -0.2) is 38.7 Å². The third kappa shape index (κ3) is 1.12. The van der Waals surface area contributed by atoms with E-state index in [9.17, 15) is 0 Å². The van der Waals surface area contributed by atoms with Crippen LogP contribution in [0, 0.1) is 5.92 Å². The van der Waals surface area contributed by atoms with Crippen LogP contribution >= 0.6 is 0 Å². The van der Waals surface area contributed by atoms with E-state index in [4.69, 9.17) is 14.3 Å². The number of methoxy groups -OCH3 is 1. The van der Waals surface area contributed by atoms with Crippen LogP contribution in [0.3, 0.4) is 0 Å². The molecule has 0 spiro atoms. The van der Waals surface area contributed by atoms with E-state index in [1.165, 1.54) is 0 Å². The first-order valence-electron chi connectivity index (χ1n) is 3.71. The highest BCUT2D eigenvalue weighted by Gasteiger charge is 2.38. The van der Waals surface area contributed by atoms with Crippen molar-refractivity contribution in [1.29, 1.82) is 0 Å². The number of ether oxygens (including phenoxy) is 2. The average Bonchev–Trinajstić information content (AvgIpc) is 2.53. The first-order valence-corrected chi connectivity index (χ1v) is 3.71. The van der Waals surface area contributed by atoms with E-state index < -0.39 is 0 Å². The average molecular weight is 157 g/mol. The summed E-state index contributed by atoms with van der Waals surface area (Å²) in [5, 5.41) is 3.87. The molecular formula is C7H11NO3. The van der Waals surface area contributed by atoms with Gasteiger partial charge in [-0.25, -0.2) is 0 Å². The zero-order valence-corrected chi connectivity index (χ0v) is 6.45. The Bertz CT molecular complexity index is 181. The second-order valence-electron chi connectivity index (χ2n) is 2.79. The molecule has 2 aliphatic rings. The summed E-state index contributed by atoms with van der Waals surface area (Å²) < 4.78 is 10.4. The highest BCUT2D eigenvalue weighted by Crippen LogP contribution is 2.23. The van der Waals surface area contributed by atoms with Crippen LogP contribution in [0.5, 0.6) is 0 Å². The van der Waals surface area contributed by atoms with E-state index in [0.29, 0.717) is 25.7 Å². The molecule has 0 bridgehead atoms. The van der Waals surface area contributed by atoms with Crippen LogP contribution < -0.4 is 0 Å². The predicted molar refractivity (Wildman–Crippen MR) is 38.5 cm³/mol. The molecule has 0 saturated carbocycles. The highest BCUT2D eigenvalue weighted by molar-refractivity contribution is 5.90. The molecule has 1 saturated heterocycles. The first kappa shape index (κ1) is 7.06. The Morgan fingerprint density at radius 2 is 2.64 bits per heavy atom. The summed E-state index contributed by atoms with van der Waals surface area (Å²) in [6, 6.07) is 0. The largest absolute Gasteiger partial charge is 0.395 e. The summed E-state index contributed by atoms with van der Waals surface area (Å²) in [5.74, 6) is 0.343. The lowest BCUT2D eigenvalue weighted by Crippen LogP contribution is -2.25. The van der Waals surface area contributed by atoms with Gasteiger partial charge in [0.25, 0.3) is 0 Å². The van der Waals surface area contributed by atoms with Gasteiger partial charge in [-0.05, 0) is 0 Å². The van der Waals surface area contributed by atoms with Crippen LogP contribution in [0.4, 0.5) is 0 Å². The molecule has 0 N–H and O–H groups in total. The van der Waals surface area contributed by atoms with E-state index in [-0.39, 0.29) is 6.10 Å². The fourth-order valence-corrected chi connectivity index (χ4v) is 1.46. The summed E-state index contributed by atoms with van der Waals surface area (Å²) in [7, 11) is 1.67. The quantitative estimate of drug-likeness (QED) is 0.568. The maximum atomic E-state index is 5.42. The van der Waals surface area contributed by atoms with Crippen molar-refractivity contribution >= 4 is 5.71 Å². The summed E-state index contributed by atoms with van der Waals surface area (Å²) in [6.45, 7) is 1.90. The molecule has 0 radical (unpaired) electrons. The normalized spacial score (nSPS) is 34.8. The molecule has 0 aromatic rings. The minimum Gasteiger partial charge on any atom is -0.395 e. The molecular weight excluding hydrogens is 146 g/mol. The van der Waals surface area contributed by atoms with E-state index >= 15 is 0 Å². The number of oxime groups is 1. The van der Waals surface area contributed by atoms with Crippen LogP contribution in [0.2, 0.25) is 0 Å². The number of nitrogens with zero attached hydrogens (tertiary/aromatic N) is 1. The van der Waals surface area contributed by atoms with Gasteiger partial charge in [-0.2, -0.15) is 0 Å². The van der Waals surface area contributed by atoms with Gasteiger partial charge in [0, 0.05) is 7.11 Å². The van der Waals surface area contributed by atoms with Crippen LogP contribution in [0.1, 0.15) is 0 Å². The van der Waals surface area contributed by atoms with Crippen LogP contribution in [0.15, 0.2) is 5.16 Å². The topological polar surface area (TPSA) is 40.0 Å². The molecule has 0 aromatic carbocycles. The second-order valence-corrected chi connectivity index (χ2v) is 2.79. The highest BCUT2D eigenvalue weighted by atomic mass is 16.6. The van der Waals surface area contributed by atoms with Crippen LogP contribution in [0.25, 0.3) is 0 Å². The third-order valence-corrected chi connectivity index (χ3v) is 2.09. The smallest absolute Gasteiger partial charge is 0.128 e. The molecule has 0 amide bonds. The Kier molecular flexibility index (Phi) is 1.79. The van der Waals surface area contributed by atoms with Crippen molar-refractivity contribution in [3.63, 3.8) is 0 Å². The molecule has 2 atom stereocenters. The SMILES string of the molecule is COCC1OCC2=NOC[C@@H]21. The fourth-order valence-electron chi connectivity index (χ4n) is 1.46. The van der Waals surface area contributed by atoms with Crippen molar-refractivity contribution in [1.82, 2.24) is 0 Å². The van der Waals surface area contributed by atoms with Gasteiger partial charge in [0.1, 0.15) is 6.61 Å². The molecule has 4 nitrogen and oxygen atoms in total. The van der Waals surface area contributed by atoms with Gasteiger partial charge in [-0.1, -0.05) is 5.16 Å². The maximum absolute atomic E-state index is 5.42. The molecule has 2 aliphatic heterocycles. The molecule has 62 valence electrons. The third-order valence-electron chi connectivity index (χ3n) is 2.09. The lowest BCUT2D eigenvalue weighted by Gasteiger charge is -2.11. The monoisotopic (exact) mass is 157 g/mol. The number of hydrogen-bond acceptors (Lipinski definition) is 4. The zero-order valence-electron chi connectivity index (χ0n) is 6.45. The summed E-state index contributed by atoms with van der Waals surface area (Å²) in [4.78, 5) is 4.94. The molecule has 2 heterocycles. The summed E-state index contributed by atoms with van der Waals surface area (Å²) in [5.41, 5.74) is 1.03. The van der Waals surface area contributed by atoms with Gasteiger partial charge in [0.15, 0.2) is 0 Å². The fraction of sp³-hybridized carbons (Fsp3) is 0.857. The van der Waals surface area contributed by atoms with Crippen molar-refractivity contribution < 1.29 is 14.3 Å². The number of rotatable bonds is 2. The molecule has 2 rings (SSSR count). The van der Waals surface area contributed by atoms with E-state index in [1.54, 1.807) is 7.11 Å². The van der Waals surface area contributed by atoms with E-state index in [0.717, 1.165) is 5.71 Å². The van der Waals surface area contributed by atoms with E-state index in [2.05, 4.69) is 5.16 Å². The van der Waals surface area contributed by atoms with Gasteiger partial charge in [0.2, 0.25) is 0 Å². The van der Waals surface area contributed by atoms with E-state index in [1.807, 2.05) is 0 Å². The minimum atomic E-state index is 0.154. The predicted octanol–water partition coefficient (Wildman–Crippen LogP) is 0.0340. The van der Waals surface area contributed by atoms with Crippen molar-refractivity contribution in [2.24, 2.45) is 11.1 Å². The molecule has 4 heteroatoms. The zero-order chi connectivity index (χ0) is 7.68. The Balaban J connectivity index is 2.00. The Hall–Kier alpha value is -0.610. The van der Waals surface area contributed by atoms with Gasteiger partial charge in [-0.3, -0.25) is 0 Å². The lowest BCUT2D eigenvalue weighted by molar-refractivity contribution is 0.00133.